The molecule has 7 nitrogen and oxygen atoms in total. The Morgan fingerprint density at radius 1 is 1.11 bits per heavy atom. The van der Waals surface area contributed by atoms with Gasteiger partial charge in [-0.15, -0.1) is 0 Å². The van der Waals surface area contributed by atoms with Gasteiger partial charge < -0.3 is 15.7 Å². The first-order valence-corrected chi connectivity index (χ1v) is 12.7. The average molecular weight is 489 g/mol. The molecule has 7 heteroatoms. The number of phenolic OH excluding ortho intramolecular Hbond substituents is 1. The summed E-state index contributed by atoms with van der Waals surface area (Å²) in [6.07, 6.45) is 3.97. The normalized spacial score (nSPS) is 14.7. The number of phenols is 1. The lowest BCUT2D eigenvalue weighted by molar-refractivity contribution is 0.102. The van der Waals surface area contributed by atoms with E-state index >= 15 is 0 Å². The van der Waals surface area contributed by atoms with Gasteiger partial charge in [-0.2, -0.15) is 9.78 Å². The van der Waals surface area contributed by atoms with Crippen LogP contribution in [0.1, 0.15) is 87.8 Å². The van der Waals surface area contributed by atoms with Crippen molar-refractivity contribution in [3.8, 4) is 17.0 Å². The summed E-state index contributed by atoms with van der Waals surface area (Å²) < 4.78 is 1.44. The summed E-state index contributed by atoms with van der Waals surface area (Å²) in [7, 11) is 0. The first-order chi connectivity index (χ1) is 17.1. The van der Waals surface area contributed by atoms with Gasteiger partial charge in [0.2, 0.25) is 0 Å². The summed E-state index contributed by atoms with van der Waals surface area (Å²) in [6.45, 7) is 10.4. The van der Waals surface area contributed by atoms with Gasteiger partial charge in [0.05, 0.1) is 11.4 Å². The topological polar surface area (TPSA) is 96.3 Å². The molecule has 1 unspecified atom stereocenters. The van der Waals surface area contributed by atoms with Crippen LogP contribution in [-0.4, -0.2) is 32.9 Å². The highest BCUT2D eigenvalue weighted by atomic mass is 16.3. The van der Waals surface area contributed by atoms with Crippen molar-refractivity contribution in [2.75, 3.05) is 5.32 Å². The minimum Gasteiger partial charge on any atom is -0.507 e. The first kappa shape index (κ1) is 25.5. The molecular weight excluding hydrogens is 452 g/mol. The van der Waals surface area contributed by atoms with Crippen LogP contribution in [0, 0.1) is 0 Å². The number of nitrogens with one attached hydrogen (secondary N) is 2. The Kier molecular flexibility index (Phi) is 7.20. The van der Waals surface area contributed by atoms with E-state index in [4.69, 9.17) is 0 Å². The Morgan fingerprint density at radius 2 is 1.81 bits per heavy atom. The molecule has 190 valence electrons. The summed E-state index contributed by atoms with van der Waals surface area (Å²) in [5, 5.41) is 21.1. The lowest BCUT2D eigenvalue weighted by Gasteiger charge is -2.25. The smallest absolute Gasteiger partial charge is 0.342 e. The number of aromatic hydroxyl groups is 1. The second kappa shape index (κ2) is 10.2. The van der Waals surface area contributed by atoms with Crippen molar-refractivity contribution < 1.29 is 14.7 Å². The number of benzene rings is 2. The third kappa shape index (κ3) is 5.45. The van der Waals surface area contributed by atoms with Crippen molar-refractivity contribution in [3.05, 3.63) is 65.4 Å². The molecule has 0 radical (unpaired) electrons. The Bertz CT molecular complexity index is 1250. The quantitative estimate of drug-likeness (QED) is 0.348. The summed E-state index contributed by atoms with van der Waals surface area (Å²) in [5.74, 6) is 0.0745. The molecule has 0 bridgehead atoms. The van der Waals surface area contributed by atoms with Crippen LogP contribution in [0.25, 0.3) is 11.3 Å². The molecule has 4 rings (SSSR count). The van der Waals surface area contributed by atoms with E-state index in [1.165, 1.54) is 10.7 Å². The fourth-order valence-electron chi connectivity index (χ4n) is 4.20. The zero-order valence-electron chi connectivity index (χ0n) is 21.8. The average Bonchev–Trinajstić information content (AvgIpc) is 3.23. The Hall–Kier alpha value is -3.61. The molecule has 1 heterocycles. The molecule has 1 fully saturated rings. The zero-order valence-corrected chi connectivity index (χ0v) is 21.8. The predicted molar refractivity (Wildman–Crippen MR) is 143 cm³/mol. The van der Waals surface area contributed by atoms with Crippen LogP contribution < -0.4 is 10.6 Å². The molecule has 1 aliphatic carbocycles. The molecule has 0 aliphatic heterocycles. The molecule has 3 N–H and O–H groups in total. The van der Waals surface area contributed by atoms with Crippen LogP contribution >= 0.6 is 0 Å². The number of carbonyl (C=O) groups is 2. The maximum Gasteiger partial charge on any atom is 0.342 e. The maximum atomic E-state index is 12.9. The number of hydrogen-bond acceptors (Lipinski definition) is 4. The van der Waals surface area contributed by atoms with Gasteiger partial charge in [0, 0.05) is 28.8 Å². The van der Waals surface area contributed by atoms with Gasteiger partial charge in [0.25, 0.3) is 5.91 Å². The molecule has 2 aromatic carbocycles. The maximum absolute atomic E-state index is 12.9. The van der Waals surface area contributed by atoms with E-state index in [0.29, 0.717) is 22.5 Å². The third-order valence-corrected chi connectivity index (χ3v) is 6.98. The zero-order chi connectivity index (χ0) is 26.0. The number of anilines is 1. The van der Waals surface area contributed by atoms with E-state index in [9.17, 15) is 14.7 Å². The number of amides is 2. The molecule has 1 atom stereocenters. The largest absolute Gasteiger partial charge is 0.507 e. The Labute approximate surface area is 212 Å². The lowest BCUT2D eigenvalue weighted by Crippen LogP contribution is -2.37. The van der Waals surface area contributed by atoms with Crippen molar-refractivity contribution >= 4 is 17.6 Å². The van der Waals surface area contributed by atoms with Crippen molar-refractivity contribution in [3.63, 3.8) is 0 Å². The van der Waals surface area contributed by atoms with Crippen molar-refractivity contribution in [2.45, 2.75) is 77.7 Å². The van der Waals surface area contributed by atoms with Gasteiger partial charge >= 0.3 is 6.03 Å². The fraction of sp³-hybridized carbons (Fsp3) is 0.414. The molecule has 36 heavy (non-hydrogen) atoms. The molecule has 1 aliphatic rings. The summed E-state index contributed by atoms with van der Waals surface area (Å²) in [4.78, 5) is 25.8. The predicted octanol–water partition coefficient (Wildman–Crippen LogP) is 6.43. The second-order valence-electron chi connectivity index (χ2n) is 10.8. The van der Waals surface area contributed by atoms with Crippen LogP contribution in [0.5, 0.6) is 5.75 Å². The van der Waals surface area contributed by atoms with E-state index in [1.807, 2.05) is 44.2 Å². The van der Waals surface area contributed by atoms with E-state index < -0.39 is 0 Å². The number of hydrogen-bond donors (Lipinski definition) is 3. The summed E-state index contributed by atoms with van der Waals surface area (Å²) >= 11 is 0. The van der Waals surface area contributed by atoms with E-state index in [1.54, 1.807) is 12.1 Å². The Morgan fingerprint density at radius 3 is 2.39 bits per heavy atom. The van der Waals surface area contributed by atoms with E-state index in [2.05, 4.69) is 36.5 Å². The van der Waals surface area contributed by atoms with Gasteiger partial charge in [0.15, 0.2) is 0 Å². The van der Waals surface area contributed by atoms with E-state index in [-0.39, 0.29) is 35.1 Å². The fourth-order valence-corrected chi connectivity index (χ4v) is 4.20. The molecular formula is C29H36N4O3. The Balaban J connectivity index is 1.60. The summed E-state index contributed by atoms with van der Waals surface area (Å²) in [5.41, 5.74) is 4.07. The molecule has 0 saturated heterocycles. The molecule has 2 amide bonds. The minimum absolute atomic E-state index is 0.00802. The minimum atomic E-state index is -0.264. The van der Waals surface area contributed by atoms with Crippen LogP contribution in [0.3, 0.4) is 0 Å². The van der Waals surface area contributed by atoms with Crippen LogP contribution in [0.15, 0.2) is 48.5 Å². The molecule has 0 spiro atoms. The van der Waals surface area contributed by atoms with Crippen molar-refractivity contribution in [1.29, 1.82) is 0 Å². The highest BCUT2D eigenvalue weighted by molar-refractivity contribution is 6.04. The van der Waals surface area contributed by atoms with E-state index in [0.717, 1.165) is 36.9 Å². The van der Waals surface area contributed by atoms with Gasteiger partial charge in [-0.25, -0.2) is 4.79 Å². The number of nitrogens with zero attached hydrogens (tertiary/aromatic N) is 2. The van der Waals surface area contributed by atoms with Gasteiger partial charge in [-0.3, -0.25) is 4.79 Å². The molecule has 1 aromatic heterocycles. The van der Waals surface area contributed by atoms with Crippen LogP contribution in [-0.2, 0) is 5.41 Å². The van der Waals surface area contributed by atoms with Gasteiger partial charge in [-0.1, -0.05) is 46.2 Å². The SMILES string of the molecule is CCC(C)NC(=O)n1nc(-c2cc(NC(=O)c3ccc(C(C)(C)C)cc3)ccc2O)cc1C1CCC1. The van der Waals surface area contributed by atoms with Crippen LogP contribution in [0.2, 0.25) is 0 Å². The van der Waals surface area contributed by atoms with Crippen LogP contribution in [0.4, 0.5) is 10.5 Å². The van der Waals surface area contributed by atoms with Gasteiger partial charge in [-0.05, 0) is 73.6 Å². The monoisotopic (exact) mass is 488 g/mol. The third-order valence-electron chi connectivity index (χ3n) is 6.98. The highest BCUT2D eigenvalue weighted by Crippen LogP contribution is 2.39. The first-order valence-electron chi connectivity index (χ1n) is 12.7. The van der Waals surface area contributed by atoms with Gasteiger partial charge in [0.1, 0.15) is 5.75 Å². The standard InChI is InChI=1S/C29H36N4O3/c1-6-18(2)30-28(36)33-25(19-8-7-9-19)17-24(32-33)23-16-22(14-15-26(23)34)31-27(35)20-10-12-21(13-11-20)29(3,4)5/h10-19,34H,6-9H2,1-5H3,(H,30,36)(H,31,35). The number of aromatic nitrogens is 2. The second-order valence-corrected chi connectivity index (χ2v) is 10.8. The number of rotatable bonds is 6. The van der Waals surface area contributed by atoms with Crippen molar-refractivity contribution in [2.24, 2.45) is 0 Å². The summed E-state index contributed by atoms with van der Waals surface area (Å²) in [6, 6.07) is 14.1. The molecule has 3 aromatic rings. The number of carbonyl (C=O) groups excluding carboxylic acids is 2. The van der Waals surface area contributed by atoms with Crippen molar-refractivity contribution in [1.82, 2.24) is 15.1 Å². The highest BCUT2D eigenvalue weighted by Gasteiger charge is 2.28. The molecule has 1 saturated carbocycles. The lowest BCUT2D eigenvalue weighted by atomic mass is 9.82.